The molecule has 0 aromatic heterocycles. The number of hydrogen-bond acceptors (Lipinski definition) is 7. The third-order valence-corrected chi connectivity index (χ3v) is 4.51. The fourth-order valence-corrected chi connectivity index (χ4v) is 3.17. The normalized spacial score (nSPS) is 21.7. The number of anilines is 1. The number of hydrazone groups is 1. The molecule has 2 heterocycles. The Labute approximate surface area is 150 Å². The SMILES string of the molecule is COC(=O)C1=NN(CCC(C)=O)[C@@H]2C(=O)N(c3ccc(C)cc3)C(=O)[C@@H]12. The minimum Gasteiger partial charge on any atom is -0.464 e. The summed E-state index contributed by atoms with van der Waals surface area (Å²) in [5.74, 6) is -2.83. The van der Waals surface area contributed by atoms with Gasteiger partial charge >= 0.3 is 5.97 Å². The lowest BCUT2D eigenvalue weighted by Gasteiger charge is -2.21. The zero-order valence-electron chi connectivity index (χ0n) is 14.8. The quantitative estimate of drug-likeness (QED) is 0.568. The van der Waals surface area contributed by atoms with Crippen LogP contribution in [0, 0.1) is 12.8 Å². The van der Waals surface area contributed by atoms with E-state index in [1.165, 1.54) is 19.0 Å². The first-order chi connectivity index (χ1) is 12.3. The molecule has 2 atom stereocenters. The van der Waals surface area contributed by atoms with Crippen LogP contribution >= 0.6 is 0 Å². The van der Waals surface area contributed by atoms with Gasteiger partial charge < -0.3 is 4.74 Å². The van der Waals surface area contributed by atoms with Gasteiger partial charge in [0.15, 0.2) is 5.71 Å². The number of nitrogens with zero attached hydrogens (tertiary/aromatic N) is 3. The van der Waals surface area contributed by atoms with Crippen LogP contribution in [-0.4, -0.2) is 54.0 Å². The highest BCUT2D eigenvalue weighted by molar-refractivity contribution is 6.46. The number of carbonyl (C=O) groups is 4. The Balaban J connectivity index is 1.97. The first-order valence-corrected chi connectivity index (χ1v) is 8.22. The number of aryl methyl sites for hydroxylation is 1. The van der Waals surface area contributed by atoms with Gasteiger partial charge in [-0.2, -0.15) is 5.10 Å². The molecule has 3 rings (SSSR count). The number of esters is 1. The summed E-state index contributed by atoms with van der Waals surface area (Å²) < 4.78 is 4.71. The highest BCUT2D eigenvalue weighted by atomic mass is 16.5. The van der Waals surface area contributed by atoms with E-state index in [4.69, 9.17) is 4.74 Å². The number of ketones is 1. The van der Waals surface area contributed by atoms with E-state index in [9.17, 15) is 19.2 Å². The van der Waals surface area contributed by atoms with Crippen molar-refractivity contribution in [2.45, 2.75) is 26.3 Å². The minimum atomic E-state index is -1.02. The van der Waals surface area contributed by atoms with Crippen molar-refractivity contribution in [2.75, 3.05) is 18.6 Å². The van der Waals surface area contributed by atoms with Crippen LogP contribution in [0.5, 0.6) is 0 Å². The van der Waals surface area contributed by atoms with E-state index in [0.717, 1.165) is 10.5 Å². The van der Waals surface area contributed by atoms with Gasteiger partial charge in [0.05, 0.1) is 12.8 Å². The molecule has 136 valence electrons. The number of fused-ring (bicyclic) bond motifs is 1. The Morgan fingerprint density at radius 2 is 1.81 bits per heavy atom. The molecular weight excluding hydrogens is 338 g/mol. The Bertz CT molecular complexity index is 815. The molecule has 1 aromatic rings. The molecular formula is C18H19N3O5. The number of methoxy groups -OCH3 is 1. The molecule has 1 fully saturated rings. The predicted molar refractivity (Wildman–Crippen MR) is 92.4 cm³/mol. The van der Waals surface area contributed by atoms with Crippen molar-refractivity contribution in [3.8, 4) is 0 Å². The fourth-order valence-electron chi connectivity index (χ4n) is 3.17. The topological polar surface area (TPSA) is 96.3 Å². The second kappa shape index (κ2) is 6.70. The van der Waals surface area contributed by atoms with Gasteiger partial charge in [-0.15, -0.1) is 0 Å². The van der Waals surface area contributed by atoms with Gasteiger partial charge in [-0.25, -0.2) is 9.69 Å². The smallest absolute Gasteiger partial charge is 0.355 e. The third kappa shape index (κ3) is 2.87. The molecule has 0 radical (unpaired) electrons. The molecule has 1 saturated heterocycles. The highest BCUT2D eigenvalue weighted by Crippen LogP contribution is 2.35. The number of amides is 2. The third-order valence-electron chi connectivity index (χ3n) is 4.51. The zero-order valence-corrected chi connectivity index (χ0v) is 14.8. The molecule has 0 saturated carbocycles. The minimum absolute atomic E-state index is 0.0737. The van der Waals surface area contributed by atoms with Crippen LogP contribution in [0.25, 0.3) is 0 Å². The van der Waals surface area contributed by atoms with E-state index >= 15 is 0 Å². The zero-order chi connectivity index (χ0) is 19.0. The average Bonchev–Trinajstić information content (AvgIpc) is 3.11. The summed E-state index contributed by atoms with van der Waals surface area (Å²) in [5.41, 5.74) is 1.33. The number of Topliss-reactive ketones (excluding diaryl/α,β-unsaturated/α-hetero) is 1. The Morgan fingerprint density at radius 3 is 2.38 bits per heavy atom. The standard InChI is InChI=1S/C18H19N3O5/c1-10-4-6-12(7-5-10)21-16(23)13-14(18(25)26-3)19-20(9-8-11(2)22)15(13)17(21)24/h4-7,13,15H,8-9H2,1-3H3/t13-,15-/m0/s1. The van der Waals surface area contributed by atoms with Crippen molar-refractivity contribution in [1.29, 1.82) is 0 Å². The van der Waals surface area contributed by atoms with Crippen molar-refractivity contribution in [1.82, 2.24) is 5.01 Å². The van der Waals surface area contributed by atoms with Crippen LogP contribution in [0.3, 0.4) is 0 Å². The van der Waals surface area contributed by atoms with Gasteiger partial charge in [-0.1, -0.05) is 17.7 Å². The summed E-state index contributed by atoms with van der Waals surface area (Å²) in [5, 5.41) is 5.47. The molecule has 0 bridgehead atoms. The van der Waals surface area contributed by atoms with Gasteiger partial charge in [-0.3, -0.25) is 19.4 Å². The first-order valence-electron chi connectivity index (χ1n) is 8.22. The summed E-state index contributed by atoms with van der Waals surface area (Å²) in [6.07, 6.45) is 0.160. The van der Waals surface area contributed by atoms with Gasteiger partial charge in [0.2, 0.25) is 5.91 Å². The van der Waals surface area contributed by atoms with E-state index in [1.54, 1.807) is 24.3 Å². The van der Waals surface area contributed by atoms with Crippen LogP contribution < -0.4 is 4.90 Å². The molecule has 0 unspecified atom stereocenters. The molecule has 2 aliphatic heterocycles. The Morgan fingerprint density at radius 1 is 1.15 bits per heavy atom. The number of rotatable bonds is 5. The highest BCUT2D eigenvalue weighted by Gasteiger charge is 2.58. The maximum atomic E-state index is 12.9. The van der Waals surface area contributed by atoms with Crippen LogP contribution in [0.15, 0.2) is 29.4 Å². The largest absolute Gasteiger partial charge is 0.464 e. The molecule has 8 heteroatoms. The molecule has 0 N–H and O–H groups in total. The first kappa shape index (κ1) is 17.8. The van der Waals surface area contributed by atoms with E-state index in [0.29, 0.717) is 5.69 Å². The Kier molecular flexibility index (Phi) is 4.58. The predicted octanol–water partition coefficient (Wildman–Crippen LogP) is 0.677. The Hall–Kier alpha value is -3.03. The van der Waals surface area contributed by atoms with Gasteiger partial charge in [0.25, 0.3) is 5.91 Å². The maximum absolute atomic E-state index is 12.9. The molecule has 0 spiro atoms. The lowest BCUT2D eigenvalue weighted by molar-refractivity contribution is -0.133. The van der Waals surface area contributed by atoms with Crippen molar-refractivity contribution >= 4 is 35.0 Å². The summed E-state index contributed by atoms with van der Waals surface area (Å²) >= 11 is 0. The molecule has 2 aliphatic rings. The monoisotopic (exact) mass is 357 g/mol. The second-order valence-corrected chi connectivity index (χ2v) is 6.36. The molecule has 26 heavy (non-hydrogen) atoms. The molecule has 2 amide bonds. The lowest BCUT2D eigenvalue weighted by Crippen LogP contribution is -2.39. The summed E-state index contributed by atoms with van der Waals surface area (Å²) in [7, 11) is 1.19. The molecule has 0 aliphatic carbocycles. The summed E-state index contributed by atoms with van der Waals surface area (Å²) in [6.45, 7) is 3.48. The van der Waals surface area contributed by atoms with E-state index in [2.05, 4.69) is 5.10 Å². The average molecular weight is 357 g/mol. The van der Waals surface area contributed by atoms with E-state index < -0.39 is 29.7 Å². The molecule has 1 aromatic carbocycles. The number of ether oxygens (including phenoxy) is 1. The van der Waals surface area contributed by atoms with Crippen molar-refractivity contribution in [2.24, 2.45) is 11.0 Å². The van der Waals surface area contributed by atoms with Gasteiger partial charge in [-0.05, 0) is 26.0 Å². The van der Waals surface area contributed by atoms with Gasteiger partial charge in [0.1, 0.15) is 17.7 Å². The summed E-state index contributed by atoms with van der Waals surface area (Å²) in [4.78, 5) is 50.3. The van der Waals surface area contributed by atoms with Crippen LogP contribution in [0.4, 0.5) is 5.69 Å². The van der Waals surface area contributed by atoms with Crippen LogP contribution in [0.1, 0.15) is 18.9 Å². The lowest BCUT2D eigenvalue weighted by atomic mass is 9.98. The fraction of sp³-hybridized carbons (Fsp3) is 0.389. The van der Waals surface area contributed by atoms with Crippen molar-refractivity contribution < 1.29 is 23.9 Å². The van der Waals surface area contributed by atoms with Crippen molar-refractivity contribution in [3.05, 3.63) is 29.8 Å². The molecule has 8 nitrogen and oxygen atoms in total. The number of hydrogen-bond donors (Lipinski definition) is 0. The van der Waals surface area contributed by atoms with E-state index in [1.807, 2.05) is 6.92 Å². The summed E-state index contributed by atoms with van der Waals surface area (Å²) in [6, 6.07) is 6.03. The number of imide groups is 1. The number of benzene rings is 1. The van der Waals surface area contributed by atoms with Crippen LogP contribution in [-0.2, 0) is 23.9 Å². The van der Waals surface area contributed by atoms with E-state index in [-0.39, 0.29) is 24.5 Å². The maximum Gasteiger partial charge on any atom is 0.355 e. The van der Waals surface area contributed by atoms with Gasteiger partial charge in [0, 0.05) is 13.0 Å². The second-order valence-electron chi connectivity index (χ2n) is 6.36. The van der Waals surface area contributed by atoms with Crippen molar-refractivity contribution in [3.63, 3.8) is 0 Å². The van der Waals surface area contributed by atoms with Crippen LogP contribution in [0.2, 0.25) is 0 Å². The number of carbonyl (C=O) groups excluding carboxylic acids is 4.